The summed E-state index contributed by atoms with van der Waals surface area (Å²) in [5.41, 5.74) is 1.47. The summed E-state index contributed by atoms with van der Waals surface area (Å²) in [6, 6.07) is 14.5. The van der Waals surface area contributed by atoms with E-state index in [4.69, 9.17) is 11.6 Å². The summed E-state index contributed by atoms with van der Waals surface area (Å²) < 4.78 is 0. The predicted octanol–water partition coefficient (Wildman–Crippen LogP) is 3.81. The summed E-state index contributed by atoms with van der Waals surface area (Å²) in [6.45, 7) is 6.87. The Labute approximate surface area is 175 Å². The predicted molar refractivity (Wildman–Crippen MR) is 116 cm³/mol. The van der Waals surface area contributed by atoms with Crippen molar-refractivity contribution in [1.29, 1.82) is 0 Å². The van der Waals surface area contributed by atoms with Crippen LogP contribution in [0.4, 0.5) is 17.1 Å². The molecule has 0 aromatic heterocycles. The molecule has 1 amide bonds. The molecule has 0 bridgehead atoms. The van der Waals surface area contributed by atoms with Gasteiger partial charge in [0.1, 0.15) is 5.69 Å². The molecule has 3 rings (SSSR count). The molecule has 2 aromatic rings. The number of hydrogen-bond donors (Lipinski definition) is 0. The van der Waals surface area contributed by atoms with Crippen LogP contribution < -0.4 is 9.80 Å². The van der Waals surface area contributed by atoms with E-state index in [0.717, 1.165) is 5.69 Å². The van der Waals surface area contributed by atoms with Crippen molar-refractivity contribution in [3.63, 3.8) is 0 Å². The third-order valence-electron chi connectivity index (χ3n) is 5.03. The van der Waals surface area contributed by atoms with E-state index in [1.807, 2.05) is 54.0 Å². The molecule has 1 heterocycles. The summed E-state index contributed by atoms with van der Waals surface area (Å²) in [6.07, 6.45) is 0. The Kier molecular flexibility index (Phi) is 6.71. The zero-order valence-electron chi connectivity index (χ0n) is 16.6. The molecular weight excluding hydrogens is 392 g/mol. The average Bonchev–Trinajstić information content (AvgIpc) is 2.69. The molecule has 2 aromatic carbocycles. The van der Waals surface area contributed by atoms with Crippen LogP contribution in [-0.4, -0.2) is 54.5 Å². The fourth-order valence-corrected chi connectivity index (χ4v) is 3.81. The lowest BCUT2D eigenvalue weighted by Crippen LogP contribution is -2.51. The molecule has 1 aliphatic heterocycles. The Morgan fingerprint density at radius 2 is 1.79 bits per heavy atom. The molecule has 154 valence electrons. The van der Waals surface area contributed by atoms with Crippen LogP contribution in [-0.2, 0) is 4.79 Å². The topological polar surface area (TPSA) is 69.9 Å². The van der Waals surface area contributed by atoms with Crippen LogP contribution in [0.1, 0.15) is 13.8 Å². The van der Waals surface area contributed by atoms with Gasteiger partial charge in [-0.25, -0.2) is 0 Å². The normalized spacial score (nSPS) is 14.8. The van der Waals surface area contributed by atoms with Gasteiger partial charge in [-0.3, -0.25) is 19.8 Å². The van der Waals surface area contributed by atoms with Gasteiger partial charge in [-0.15, -0.1) is 0 Å². The number of amides is 1. The maximum Gasteiger partial charge on any atom is 0.294 e. The summed E-state index contributed by atoms with van der Waals surface area (Å²) in [7, 11) is 0. The second-order valence-corrected chi connectivity index (χ2v) is 7.78. The van der Waals surface area contributed by atoms with Gasteiger partial charge in [0.2, 0.25) is 5.91 Å². The molecule has 0 radical (unpaired) electrons. The molecule has 0 spiro atoms. The van der Waals surface area contributed by atoms with Crippen molar-refractivity contribution in [1.82, 2.24) is 4.90 Å². The highest BCUT2D eigenvalue weighted by atomic mass is 35.5. The Balaban J connectivity index is 1.64. The first-order chi connectivity index (χ1) is 13.9. The lowest BCUT2D eigenvalue weighted by molar-refractivity contribution is -0.384. The maximum absolute atomic E-state index is 13.0. The number of carbonyl (C=O) groups is 1. The van der Waals surface area contributed by atoms with Crippen molar-refractivity contribution in [3.05, 3.63) is 63.7 Å². The van der Waals surface area contributed by atoms with Crippen LogP contribution in [0, 0.1) is 10.1 Å². The van der Waals surface area contributed by atoms with Crippen LogP contribution in [0.2, 0.25) is 5.02 Å². The fourth-order valence-electron chi connectivity index (χ4n) is 3.64. The minimum absolute atomic E-state index is 0.0112. The monoisotopic (exact) mass is 416 g/mol. The quantitative estimate of drug-likeness (QED) is 0.529. The molecule has 7 nitrogen and oxygen atoms in total. The van der Waals surface area contributed by atoms with Gasteiger partial charge >= 0.3 is 0 Å². The molecule has 29 heavy (non-hydrogen) atoms. The first kappa shape index (κ1) is 21.1. The largest absolute Gasteiger partial charge is 0.363 e. The summed E-state index contributed by atoms with van der Waals surface area (Å²) >= 11 is 5.91. The van der Waals surface area contributed by atoms with Crippen molar-refractivity contribution in [2.75, 3.05) is 42.5 Å². The van der Waals surface area contributed by atoms with E-state index >= 15 is 0 Å². The number of benzene rings is 2. The minimum Gasteiger partial charge on any atom is -0.363 e. The van der Waals surface area contributed by atoms with Gasteiger partial charge in [0.15, 0.2) is 0 Å². The summed E-state index contributed by atoms with van der Waals surface area (Å²) in [5, 5.41) is 11.7. The highest BCUT2D eigenvalue weighted by molar-refractivity contribution is 6.30. The van der Waals surface area contributed by atoms with Crippen LogP contribution in [0.3, 0.4) is 0 Å². The third-order valence-corrected chi connectivity index (χ3v) is 5.26. The fraction of sp³-hybridized carbons (Fsp3) is 0.381. The van der Waals surface area contributed by atoms with Gasteiger partial charge in [0.25, 0.3) is 5.69 Å². The number of nitro groups is 1. The molecule has 1 saturated heterocycles. The van der Waals surface area contributed by atoms with E-state index in [9.17, 15) is 14.9 Å². The Hall–Kier alpha value is -2.64. The zero-order chi connectivity index (χ0) is 21.0. The molecule has 0 saturated carbocycles. The number of hydrogen-bond acceptors (Lipinski definition) is 5. The number of rotatable bonds is 6. The molecule has 1 fully saturated rings. The van der Waals surface area contributed by atoms with Gasteiger partial charge in [-0.05, 0) is 38.1 Å². The number of piperazine rings is 1. The van der Waals surface area contributed by atoms with Gasteiger partial charge < -0.3 is 9.80 Å². The maximum atomic E-state index is 13.0. The molecule has 0 unspecified atom stereocenters. The van der Waals surface area contributed by atoms with Crippen molar-refractivity contribution >= 4 is 34.6 Å². The Morgan fingerprint density at radius 3 is 2.38 bits per heavy atom. The van der Waals surface area contributed by atoms with Crippen molar-refractivity contribution in [3.8, 4) is 0 Å². The first-order valence-corrected chi connectivity index (χ1v) is 10.0. The number of halogens is 1. The van der Waals surface area contributed by atoms with E-state index in [-0.39, 0.29) is 17.6 Å². The highest BCUT2D eigenvalue weighted by Gasteiger charge is 2.27. The van der Waals surface area contributed by atoms with E-state index in [2.05, 4.69) is 4.90 Å². The van der Waals surface area contributed by atoms with E-state index in [1.54, 1.807) is 12.1 Å². The molecular formula is C21H25ClN4O3. The van der Waals surface area contributed by atoms with Crippen LogP contribution >= 0.6 is 11.6 Å². The van der Waals surface area contributed by atoms with Crippen molar-refractivity contribution in [2.45, 2.75) is 19.9 Å². The molecule has 0 N–H and O–H groups in total. The highest BCUT2D eigenvalue weighted by Crippen LogP contribution is 2.31. The van der Waals surface area contributed by atoms with Crippen molar-refractivity contribution < 1.29 is 9.72 Å². The van der Waals surface area contributed by atoms with E-state index in [0.29, 0.717) is 43.4 Å². The van der Waals surface area contributed by atoms with Crippen LogP contribution in [0.5, 0.6) is 0 Å². The number of carbonyl (C=O) groups excluding carboxylic acids is 1. The summed E-state index contributed by atoms with van der Waals surface area (Å²) in [5.74, 6) is 0.0529. The summed E-state index contributed by atoms with van der Waals surface area (Å²) in [4.78, 5) is 29.8. The Bertz CT molecular complexity index is 867. The molecule has 0 atom stereocenters. The SMILES string of the molecule is CC(C)N(C(=O)CN1CCN(c2ccc(Cl)cc2[N+](=O)[O-])CC1)c1ccccc1. The molecule has 1 aliphatic rings. The third kappa shape index (κ3) is 5.05. The van der Waals surface area contributed by atoms with Gasteiger partial charge in [-0.1, -0.05) is 29.8 Å². The standard InChI is InChI=1S/C21H25ClN4O3/c1-16(2)25(18-6-4-3-5-7-18)21(27)15-23-10-12-24(13-11-23)19-9-8-17(22)14-20(19)26(28)29/h3-9,14,16H,10-13,15H2,1-2H3. The molecule has 0 aliphatic carbocycles. The smallest absolute Gasteiger partial charge is 0.294 e. The second kappa shape index (κ2) is 9.24. The van der Waals surface area contributed by atoms with Gasteiger partial charge in [0, 0.05) is 49.0 Å². The number of para-hydroxylation sites is 1. The van der Waals surface area contributed by atoms with Crippen LogP contribution in [0.15, 0.2) is 48.5 Å². The first-order valence-electron chi connectivity index (χ1n) is 9.65. The van der Waals surface area contributed by atoms with Crippen LogP contribution in [0.25, 0.3) is 0 Å². The van der Waals surface area contributed by atoms with Crippen molar-refractivity contribution in [2.24, 2.45) is 0 Å². The number of anilines is 2. The molecule has 8 heteroatoms. The van der Waals surface area contributed by atoms with E-state index in [1.165, 1.54) is 6.07 Å². The number of nitrogens with zero attached hydrogens (tertiary/aromatic N) is 4. The van der Waals surface area contributed by atoms with Gasteiger partial charge in [-0.2, -0.15) is 0 Å². The lowest BCUT2D eigenvalue weighted by atomic mass is 10.2. The minimum atomic E-state index is -0.405. The Morgan fingerprint density at radius 1 is 1.14 bits per heavy atom. The van der Waals surface area contributed by atoms with Gasteiger partial charge in [0.05, 0.1) is 11.5 Å². The zero-order valence-corrected chi connectivity index (χ0v) is 17.4. The lowest BCUT2D eigenvalue weighted by Gasteiger charge is -2.37. The number of nitro benzene ring substituents is 1. The average molecular weight is 417 g/mol. The van der Waals surface area contributed by atoms with E-state index < -0.39 is 4.92 Å². The second-order valence-electron chi connectivity index (χ2n) is 7.35.